The molecule has 3 nitrogen and oxygen atoms in total. The molecular weight excluding hydrogens is 390 g/mol. The van der Waals surface area contributed by atoms with E-state index in [9.17, 15) is 0 Å². The fourth-order valence-corrected chi connectivity index (χ4v) is 4.14. The van der Waals surface area contributed by atoms with Crippen molar-refractivity contribution in [1.29, 1.82) is 0 Å². The van der Waals surface area contributed by atoms with Crippen LogP contribution in [-0.2, 0) is 0 Å². The smallest absolute Gasteiger partial charge is 0.0496 e. The van der Waals surface area contributed by atoms with E-state index in [0.717, 1.165) is 11.4 Å². The Balaban J connectivity index is 0.000000181. The summed E-state index contributed by atoms with van der Waals surface area (Å²) < 4.78 is 0. The highest BCUT2D eigenvalue weighted by Crippen LogP contribution is 2.31. The van der Waals surface area contributed by atoms with E-state index in [0.29, 0.717) is 17.8 Å². The van der Waals surface area contributed by atoms with Crippen molar-refractivity contribution in [2.24, 2.45) is 11.8 Å². The highest BCUT2D eigenvalue weighted by molar-refractivity contribution is 5.31. The third-order valence-electron chi connectivity index (χ3n) is 5.55. The third kappa shape index (κ3) is 6.34. The second kappa shape index (κ2) is 11.9. The number of rotatable bonds is 6. The van der Waals surface area contributed by atoms with Gasteiger partial charge in [-0.1, -0.05) is 76.2 Å². The highest BCUT2D eigenvalue weighted by atomic mass is 14.7. The van der Waals surface area contributed by atoms with Gasteiger partial charge in [-0.15, -0.1) is 0 Å². The van der Waals surface area contributed by atoms with Crippen molar-refractivity contribution in [1.82, 2.24) is 15.0 Å². The predicted octanol–water partition coefficient (Wildman–Crippen LogP) is 7.13. The molecule has 32 heavy (non-hydrogen) atoms. The van der Waals surface area contributed by atoms with Crippen molar-refractivity contribution >= 4 is 0 Å². The maximum absolute atomic E-state index is 4.44. The molecule has 0 radical (unpaired) electrons. The van der Waals surface area contributed by atoms with Crippen molar-refractivity contribution in [3.05, 3.63) is 126 Å². The lowest BCUT2D eigenvalue weighted by atomic mass is 9.83. The van der Waals surface area contributed by atoms with Crippen LogP contribution >= 0.6 is 0 Å². The Morgan fingerprint density at radius 1 is 0.500 bits per heavy atom. The summed E-state index contributed by atoms with van der Waals surface area (Å²) >= 11 is 0. The van der Waals surface area contributed by atoms with Gasteiger partial charge in [0, 0.05) is 48.0 Å². The minimum absolute atomic E-state index is 0.280. The summed E-state index contributed by atoms with van der Waals surface area (Å²) in [7, 11) is 0. The molecule has 1 aromatic carbocycles. The largest absolute Gasteiger partial charge is 0.264 e. The van der Waals surface area contributed by atoms with E-state index >= 15 is 0 Å². The zero-order valence-corrected chi connectivity index (χ0v) is 19.5. The molecule has 4 aromatic rings. The molecule has 0 spiro atoms. The lowest BCUT2D eigenvalue weighted by Gasteiger charge is -2.21. The number of nitrogens with zero attached hydrogens (tertiary/aromatic N) is 3. The first-order chi connectivity index (χ1) is 15.6. The van der Waals surface area contributed by atoms with E-state index in [2.05, 4.69) is 91.2 Å². The number of hydrogen-bond acceptors (Lipinski definition) is 3. The van der Waals surface area contributed by atoms with Crippen LogP contribution in [-0.4, -0.2) is 15.0 Å². The van der Waals surface area contributed by atoms with Crippen LogP contribution in [0, 0.1) is 11.8 Å². The van der Waals surface area contributed by atoms with Gasteiger partial charge >= 0.3 is 0 Å². The van der Waals surface area contributed by atoms with Crippen molar-refractivity contribution in [2.75, 3.05) is 0 Å². The summed E-state index contributed by atoms with van der Waals surface area (Å²) in [4.78, 5) is 13.1. The van der Waals surface area contributed by atoms with Gasteiger partial charge in [-0.05, 0) is 53.3 Å². The molecule has 0 bridgehead atoms. The Labute approximate surface area is 192 Å². The van der Waals surface area contributed by atoms with Crippen LogP contribution in [0.5, 0.6) is 0 Å². The molecule has 3 heteroatoms. The monoisotopic (exact) mass is 423 g/mol. The molecule has 3 aromatic heterocycles. The van der Waals surface area contributed by atoms with Crippen LogP contribution in [0.3, 0.4) is 0 Å². The highest BCUT2D eigenvalue weighted by Gasteiger charge is 2.20. The first-order valence-electron chi connectivity index (χ1n) is 11.3. The van der Waals surface area contributed by atoms with Gasteiger partial charge in [-0.25, -0.2) is 0 Å². The second-order valence-corrected chi connectivity index (χ2v) is 8.65. The van der Waals surface area contributed by atoms with E-state index < -0.39 is 0 Å². The summed E-state index contributed by atoms with van der Waals surface area (Å²) in [6.45, 7) is 8.91. The van der Waals surface area contributed by atoms with Crippen molar-refractivity contribution < 1.29 is 0 Å². The predicted molar refractivity (Wildman–Crippen MR) is 133 cm³/mol. The van der Waals surface area contributed by atoms with Crippen molar-refractivity contribution in [2.45, 2.75) is 39.5 Å². The standard InChI is InChI=1S/C15H17N.C14H16N2/c1-12(2)15(13-7-4-3-5-8-13)14-9-6-10-16-11-14;1-11(2)14(12-7-3-5-9-15-12)13-8-4-6-10-16-13/h3-12,15H,1-2H3;3-11,14H,1-2H3. The maximum Gasteiger partial charge on any atom is 0.0496 e. The number of hydrogen-bond donors (Lipinski definition) is 0. The lowest BCUT2D eigenvalue weighted by molar-refractivity contribution is 0.541. The molecule has 1 unspecified atom stereocenters. The molecule has 0 saturated carbocycles. The molecule has 1 atom stereocenters. The molecular formula is C29H33N3. The van der Waals surface area contributed by atoms with Crippen LogP contribution in [0.25, 0.3) is 0 Å². The van der Waals surface area contributed by atoms with Crippen LogP contribution in [0.15, 0.2) is 104 Å². The van der Waals surface area contributed by atoms with E-state index in [1.807, 2.05) is 55.1 Å². The van der Waals surface area contributed by atoms with Gasteiger partial charge in [0.05, 0.1) is 0 Å². The summed E-state index contributed by atoms with van der Waals surface area (Å²) in [6.07, 6.45) is 7.48. The van der Waals surface area contributed by atoms with Gasteiger partial charge in [-0.3, -0.25) is 15.0 Å². The normalized spacial score (nSPS) is 11.8. The van der Waals surface area contributed by atoms with Crippen LogP contribution in [0.4, 0.5) is 0 Å². The van der Waals surface area contributed by atoms with Crippen molar-refractivity contribution in [3.8, 4) is 0 Å². The van der Waals surface area contributed by atoms with E-state index in [1.54, 1.807) is 0 Å². The molecule has 0 aliphatic rings. The number of benzene rings is 1. The zero-order chi connectivity index (χ0) is 22.8. The molecule has 4 rings (SSSR count). The van der Waals surface area contributed by atoms with Gasteiger partial charge in [0.25, 0.3) is 0 Å². The molecule has 3 heterocycles. The Bertz CT molecular complexity index is 851. The van der Waals surface area contributed by atoms with Crippen LogP contribution in [0.2, 0.25) is 0 Å². The maximum atomic E-state index is 4.44. The van der Waals surface area contributed by atoms with Gasteiger partial charge in [0.15, 0.2) is 0 Å². The lowest BCUT2D eigenvalue weighted by Crippen LogP contribution is -2.11. The van der Waals surface area contributed by atoms with E-state index in [4.69, 9.17) is 0 Å². The minimum Gasteiger partial charge on any atom is -0.264 e. The Hall–Kier alpha value is -3.33. The van der Waals surface area contributed by atoms with Gasteiger partial charge in [0.1, 0.15) is 0 Å². The third-order valence-corrected chi connectivity index (χ3v) is 5.55. The molecule has 0 aliphatic carbocycles. The number of pyridine rings is 3. The molecule has 0 aliphatic heterocycles. The average molecular weight is 424 g/mol. The van der Waals surface area contributed by atoms with Gasteiger partial charge < -0.3 is 0 Å². The molecule has 0 fully saturated rings. The SMILES string of the molecule is CC(C)C(c1ccccc1)c1cccnc1.CC(C)C(c1ccccn1)c1ccccn1. The Kier molecular flexibility index (Phi) is 8.68. The van der Waals surface area contributed by atoms with Crippen molar-refractivity contribution in [3.63, 3.8) is 0 Å². The molecule has 0 saturated heterocycles. The first kappa shape index (κ1) is 23.3. The summed E-state index contributed by atoms with van der Waals surface area (Å²) in [5.74, 6) is 1.79. The molecule has 164 valence electrons. The summed E-state index contributed by atoms with van der Waals surface area (Å²) in [6, 6.07) is 26.9. The first-order valence-corrected chi connectivity index (χ1v) is 11.3. The molecule has 0 N–H and O–H groups in total. The van der Waals surface area contributed by atoms with Crippen LogP contribution in [0.1, 0.15) is 62.0 Å². The topological polar surface area (TPSA) is 38.7 Å². The summed E-state index contributed by atoms with van der Waals surface area (Å²) in [5, 5.41) is 0. The van der Waals surface area contributed by atoms with Gasteiger partial charge in [-0.2, -0.15) is 0 Å². The Morgan fingerprint density at radius 2 is 1.03 bits per heavy atom. The fourth-order valence-electron chi connectivity index (χ4n) is 4.14. The molecule has 0 amide bonds. The zero-order valence-electron chi connectivity index (χ0n) is 19.5. The quantitative estimate of drug-likeness (QED) is 0.331. The Morgan fingerprint density at radius 3 is 1.47 bits per heavy atom. The van der Waals surface area contributed by atoms with Crippen LogP contribution < -0.4 is 0 Å². The number of aromatic nitrogens is 3. The van der Waals surface area contributed by atoms with E-state index in [1.165, 1.54) is 11.1 Å². The minimum atomic E-state index is 0.280. The fraction of sp³-hybridized carbons (Fsp3) is 0.276. The van der Waals surface area contributed by atoms with E-state index in [-0.39, 0.29) is 5.92 Å². The summed E-state index contributed by atoms with van der Waals surface area (Å²) in [5.41, 5.74) is 4.85. The van der Waals surface area contributed by atoms with Gasteiger partial charge in [0.2, 0.25) is 0 Å². The second-order valence-electron chi connectivity index (χ2n) is 8.65. The average Bonchev–Trinajstić information content (AvgIpc) is 2.82.